The molecule has 1 aromatic carbocycles. The zero-order valence-corrected chi connectivity index (χ0v) is 11.1. The Hall–Kier alpha value is -2.11. The number of rotatable bonds is 3. The molecule has 1 saturated carbocycles. The van der Waals surface area contributed by atoms with Gasteiger partial charge in [0.2, 0.25) is 0 Å². The van der Waals surface area contributed by atoms with Gasteiger partial charge in [0.05, 0.1) is 11.6 Å². The summed E-state index contributed by atoms with van der Waals surface area (Å²) in [5.74, 6) is -1.74. The van der Waals surface area contributed by atoms with Crippen LogP contribution in [-0.4, -0.2) is 23.1 Å². The van der Waals surface area contributed by atoms with Gasteiger partial charge in [0.15, 0.2) is 0 Å². The van der Waals surface area contributed by atoms with Crippen molar-refractivity contribution in [2.45, 2.75) is 32.2 Å². The van der Waals surface area contributed by atoms with Crippen LogP contribution in [0.15, 0.2) is 18.2 Å². The molecule has 0 bridgehead atoms. The van der Waals surface area contributed by atoms with E-state index in [4.69, 9.17) is 5.11 Å². The molecule has 3 N–H and O–H groups in total. The molecule has 0 spiro atoms. The molecular weight excluding hydrogens is 263 g/mol. The smallest absolute Gasteiger partial charge is 0.319 e. The predicted molar refractivity (Wildman–Crippen MR) is 72.1 cm³/mol. The summed E-state index contributed by atoms with van der Waals surface area (Å²) in [5, 5.41) is 14.0. The third kappa shape index (κ3) is 3.46. The van der Waals surface area contributed by atoms with Crippen LogP contribution in [-0.2, 0) is 4.79 Å². The molecule has 5 nitrogen and oxygen atoms in total. The average Bonchev–Trinajstić information content (AvgIpc) is 2.82. The van der Waals surface area contributed by atoms with E-state index in [0.29, 0.717) is 19.3 Å². The zero-order valence-electron chi connectivity index (χ0n) is 11.1. The Labute approximate surface area is 116 Å². The summed E-state index contributed by atoms with van der Waals surface area (Å²) in [5.41, 5.74) is 0.962. The number of hydrogen-bond donors (Lipinski definition) is 3. The number of halogens is 1. The Balaban J connectivity index is 1.90. The normalized spacial score (nSPS) is 21.5. The van der Waals surface area contributed by atoms with Crippen LogP contribution in [0.2, 0.25) is 0 Å². The van der Waals surface area contributed by atoms with Crippen molar-refractivity contribution in [3.8, 4) is 0 Å². The Morgan fingerprint density at radius 1 is 1.35 bits per heavy atom. The van der Waals surface area contributed by atoms with Crippen LogP contribution in [0.25, 0.3) is 0 Å². The van der Waals surface area contributed by atoms with Crippen LogP contribution in [0, 0.1) is 18.7 Å². The summed E-state index contributed by atoms with van der Waals surface area (Å²) in [4.78, 5) is 22.6. The van der Waals surface area contributed by atoms with Crippen LogP contribution in [0.1, 0.15) is 24.8 Å². The van der Waals surface area contributed by atoms with Crippen molar-refractivity contribution in [2.75, 3.05) is 5.32 Å². The summed E-state index contributed by atoms with van der Waals surface area (Å²) in [7, 11) is 0. The summed E-state index contributed by atoms with van der Waals surface area (Å²) in [6.45, 7) is 1.80. The standard InChI is InChI=1S/C14H17FN2O3/c1-8-2-5-11(15)12(6-8)17-14(20)16-10-4-3-9(7-10)13(18)19/h2,5-6,9-10H,3-4,7H2,1H3,(H,18,19)(H2,16,17,20). The Kier molecular flexibility index (Phi) is 4.22. The second-order valence-corrected chi connectivity index (χ2v) is 5.13. The van der Waals surface area contributed by atoms with Gasteiger partial charge in [-0.3, -0.25) is 4.79 Å². The zero-order chi connectivity index (χ0) is 14.7. The Bertz CT molecular complexity index is 533. The highest BCUT2D eigenvalue weighted by atomic mass is 19.1. The highest BCUT2D eigenvalue weighted by Gasteiger charge is 2.30. The van der Waals surface area contributed by atoms with E-state index in [2.05, 4.69) is 10.6 Å². The van der Waals surface area contributed by atoms with Gasteiger partial charge in [-0.15, -0.1) is 0 Å². The lowest BCUT2D eigenvalue weighted by atomic mass is 10.1. The van der Waals surface area contributed by atoms with E-state index in [0.717, 1.165) is 5.56 Å². The molecule has 6 heteroatoms. The van der Waals surface area contributed by atoms with Crippen LogP contribution in [0.4, 0.5) is 14.9 Å². The first-order valence-electron chi connectivity index (χ1n) is 6.52. The highest BCUT2D eigenvalue weighted by molar-refractivity contribution is 5.89. The van der Waals surface area contributed by atoms with Crippen molar-refractivity contribution < 1.29 is 19.1 Å². The van der Waals surface area contributed by atoms with E-state index in [-0.39, 0.29) is 11.7 Å². The minimum Gasteiger partial charge on any atom is -0.481 e. The molecule has 1 aromatic rings. The van der Waals surface area contributed by atoms with Gasteiger partial charge < -0.3 is 15.7 Å². The van der Waals surface area contributed by atoms with E-state index in [1.807, 2.05) is 0 Å². The maximum Gasteiger partial charge on any atom is 0.319 e. The van der Waals surface area contributed by atoms with E-state index in [1.165, 1.54) is 6.07 Å². The van der Waals surface area contributed by atoms with Crippen LogP contribution in [0.3, 0.4) is 0 Å². The fourth-order valence-corrected chi connectivity index (χ4v) is 2.42. The molecule has 20 heavy (non-hydrogen) atoms. The second kappa shape index (κ2) is 5.90. The second-order valence-electron chi connectivity index (χ2n) is 5.13. The number of aliphatic carboxylic acids is 1. The Morgan fingerprint density at radius 3 is 2.75 bits per heavy atom. The average molecular weight is 280 g/mol. The molecule has 2 atom stereocenters. The molecule has 108 valence electrons. The third-order valence-electron chi connectivity index (χ3n) is 3.49. The van der Waals surface area contributed by atoms with Crippen LogP contribution < -0.4 is 10.6 Å². The number of anilines is 1. The number of carboxylic acids is 1. The number of carboxylic acid groups (broad SMARTS) is 1. The molecule has 2 amide bonds. The fourth-order valence-electron chi connectivity index (χ4n) is 2.42. The van der Waals surface area contributed by atoms with Gasteiger partial charge in [-0.25, -0.2) is 9.18 Å². The van der Waals surface area contributed by atoms with E-state index in [1.54, 1.807) is 19.1 Å². The first-order valence-corrected chi connectivity index (χ1v) is 6.52. The van der Waals surface area contributed by atoms with Crippen molar-refractivity contribution in [2.24, 2.45) is 5.92 Å². The third-order valence-corrected chi connectivity index (χ3v) is 3.49. The summed E-state index contributed by atoms with van der Waals surface area (Å²) < 4.78 is 13.5. The number of nitrogens with one attached hydrogen (secondary N) is 2. The maximum atomic E-state index is 13.5. The Morgan fingerprint density at radius 2 is 2.10 bits per heavy atom. The minimum absolute atomic E-state index is 0.121. The SMILES string of the molecule is Cc1ccc(F)c(NC(=O)NC2CCC(C(=O)O)C2)c1. The van der Waals surface area contributed by atoms with E-state index >= 15 is 0 Å². The van der Waals surface area contributed by atoms with Crippen LogP contribution in [0.5, 0.6) is 0 Å². The van der Waals surface area contributed by atoms with E-state index < -0.39 is 23.7 Å². The van der Waals surface area contributed by atoms with Gasteiger partial charge in [0, 0.05) is 6.04 Å². The number of carbonyl (C=O) groups excluding carboxylic acids is 1. The molecule has 0 saturated heterocycles. The van der Waals surface area contributed by atoms with Gasteiger partial charge in [0.25, 0.3) is 0 Å². The molecule has 1 aliphatic carbocycles. The van der Waals surface area contributed by atoms with Gasteiger partial charge >= 0.3 is 12.0 Å². The predicted octanol–water partition coefficient (Wildman–Crippen LogP) is 2.51. The molecule has 2 rings (SSSR count). The summed E-state index contributed by atoms with van der Waals surface area (Å²) >= 11 is 0. The van der Waals surface area contributed by atoms with Crippen molar-refractivity contribution in [3.63, 3.8) is 0 Å². The molecule has 0 heterocycles. The summed E-state index contributed by atoms with van der Waals surface area (Å²) in [6, 6.07) is 3.77. The number of amides is 2. The molecular formula is C14H17FN2O3. The largest absolute Gasteiger partial charge is 0.481 e. The lowest BCUT2D eigenvalue weighted by Crippen LogP contribution is -2.36. The molecule has 1 aliphatic rings. The number of carbonyl (C=O) groups is 2. The van der Waals surface area contributed by atoms with E-state index in [9.17, 15) is 14.0 Å². The maximum absolute atomic E-state index is 13.5. The van der Waals surface area contributed by atoms with Crippen molar-refractivity contribution in [1.82, 2.24) is 5.32 Å². The van der Waals surface area contributed by atoms with Crippen molar-refractivity contribution in [1.29, 1.82) is 0 Å². The molecule has 0 radical (unpaired) electrons. The van der Waals surface area contributed by atoms with Crippen molar-refractivity contribution >= 4 is 17.7 Å². The molecule has 2 unspecified atom stereocenters. The first kappa shape index (κ1) is 14.3. The fraction of sp³-hybridized carbons (Fsp3) is 0.429. The van der Waals surface area contributed by atoms with Gasteiger partial charge in [-0.2, -0.15) is 0 Å². The highest BCUT2D eigenvalue weighted by Crippen LogP contribution is 2.25. The first-order chi connectivity index (χ1) is 9.45. The number of aryl methyl sites for hydroxylation is 1. The number of hydrogen-bond acceptors (Lipinski definition) is 2. The molecule has 0 aromatic heterocycles. The van der Waals surface area contributed by atoms with Gasteiger partial charge in [-0.1, -0.05) is 6.07 Å². The van der Waals surface area contributed by atoms with Crippen LogP contribution >= 0.6 is 0 Å². The minimum atomic E-state index is -0.834. The topological polar surface area (TPSA) is 78.4 Å². The molecule has 0 aliphatic heterocycles. The van der Waals surface area contributed by atoms with Gasteiger partial charge in [0.1, 0.15) is 5.82 Å². The number of urea groups is 1. The number of benzene rings is 1. The lowest BCUT2D eigenvalue weighted by Gasteiger charge is -2.14. The van der Waals surface area contributed by atoms with Gasteiger partial charge in [-0.05, 0) is 43.9 Å². The van der Waals surface area contributed by atoms with Crippen molar-refractivity contribution in [3.05, 3.63) is 29.6 Å². The monoisotopic (exact) mass is 280 g/mol. The summed E-state index contributed by atoms with van der Waals surface area (Å²) in [6.07, 6.45) is 1.60. The quantitative estimate of drug-likeness (QED) is 0.796. The molecule has 1 fully saturated rings. The lowest BCUT2D eigenvalue weighted by molar-refractivity contribution is -0.141.